The van der Waals surface area contributed by atoms with Crippen LogP contribution in [0.25, 0.3) is 0 Å². The molecule has 0 unspecified atom stereocenters. The Bertz CT molecular complexity index is 657. The molecule has 1 heterocycles. The average Bonchev–Trinajstić information content (AvgIpc) is 2.77. The zero-order valence-corrected chi connectivity index (χ0v) is 11.5. The van der Waals surface area contributed by atoms with Gasteiger partial charge in [-0.2, -0.15) is 0 Å². The molecular formula is C10H5BrN2O5S. The number of nitro groups is 1. The van der Waals surface area contributed by atoms with E-state index in [4.69, 9.17) is 9.84 Å². The lowest BCUT2D eigenvalue weighted by molar-refractivity contribution is -0.380. The second-order valence-corrected chi connectivity index (χ2v) is 5.16. The zero-order valence-electron chi connectivity index (χ0n) is 9.07. The van der Waals surface area contributed by atoms with Crippen LogP contribution in [0.1, 0.15) is 10.4 Å². The molecule has 7 nitrogen and oxygen atoms in total. The molecule has 2 rings (SSSR count). The van der Waals surface area contributed by atoms with Gasteiger partial charge < -0.3 is 9.84 Å². The maximum atomic E-state index is 11.0. The largest absolute Gasteiger partial charge is 0.478 e. The molecule has 0 aliphatic carbocycles. The maximum Gasteiger partial charge on any atom is 0.347 e. The highest BCUT2D eigenvalue weighted by Crippen LogP contribution is 2.33. The number of carboxylic acid groups (broad SMARTS) is 1. The molecule has 0 saturated heterocycles. The Balaban J connectivity index is 2.33. The molecule has 0 saturated carbocycles. The fourth-order valence-electron chi connectivity index (χ4n) is 1.23. The van der Waals surface area contributed by atoms with Crippen LogP contribution in [0, 0.1) is 10.1 Å². The van der Waals surface area contributed by atoms with E-state index in [1.54, 1.807) is 6.07 Å². The number of benzene rings is 1. The molecule has 1 aromatic carbocycles. The Morgan fingerprint density at radius 3 is 2.84 bits per heavy atom. The molecule has 1 aromatic heterocycles. The van der Waals surface area contributed by atoms with Crippen LogP contribution in [0.5, 0.6) is 10.9 Å². The summed E-state index contributed by atoms with van der Waals surface area (Å²) in [5, 5.41) is 19.4. The summed E-state index contributed by atoms with van der Waals surface area (Å²) >= 11 is 3.91. The number of carboxylic acids is 1. The smallest absolute Gasteiger partial charge is 0.347 e. The number of aromatic nitrogens is 1. The summed E-state index contributed by atoms with van der Waals surface area (Å²) in [5.74, 6) is -1.10. The van der Waals surface area contributed by atoms with Crippen LogP contribution in [0.3, 0.4) is 0 Å². The fourth-order valence-corrected chi connectivity index (χ4v) is 2.17. The third-order valence-electron chi connectivity index (χ3n) is 2.02. The second kappa shape index (κ2) is 5.33. The molecule has 0 bridgehead atoms. The molecule has 0 fully saturated rings. The Morgan fingerprint density at radius 1 is 1.53 bits per heavy atom. The van der Waals surface area contributed by atoms with Crippen molar-refractivity contribution in [3.05, 3.63) is 44.5 Å². The number of halogens is 1. The first-order valence-electron chi connectivity index (χ1n) is 4.78. The molecule has 0 aliphatic heterocycles. The van der Waals surface area contributed by atoms with Crippen molar-refractivity contribution in [1.82, 2.24) is 4.98 Å². The summed E-state index contributed by atoms with van der Waals surface area (Å²) < 4.78 is 5.90. The molecule has 19 heavy (non-hydrogen) atoms. The van der Waals surface area contributed by atoms with Crippen molar-refractivity contribution in [1.29, 1.82) is 0 Å². The van der Waals surface area contributed by atoms with Crippen LogP contribution < -0.4 is 4.74 Å². The van der Waals surface area contributed by atoms with Gasteiger partial charge in [-0.3, -0.25) is 10.1 Å². The lowest BCUT2D eigenvalue weighted by atomic mass is 10.2. The highest BCUT2D eigenvalue weighted by atomic mass is 79.9. The van der Waals surface area contributed by atoms with Crippen molar-refractivity contribution in [3.63, 3.8) is 0 Å². The van der Waals surface area contributed by atoms with E-state index in [1.807, 2.05) is 0 Å². The van der Waals surface area contributed by atoms with Crippen molar-refractivity contribution in [2.24, 2.45) is 0 Å². The van der Waals surface area contributed by atoms with Gasteiger partial charge in [-0.1, -0.05) is 15.9 Å². The predicted molar refractivity (Wildman–Crippen MR) is 69.9 cm³/mol. The standard InChI is InChI=1S/C10H5BrN2O5S/c11-5-1-2-6(9(14)15)7(3-5)18-10-12-4-8(19-10)13(16)17/h1-4H,(H,14,15). The van der Waals surface area contributed by atoms with Crippen LogP contribution in [0.2, 0.25) is 0 Å². The topological polar surface area (TPSA) is 103 Å². The molecule has 0 spiro atoms. The number of ether oxygens (including phenoxy) is 1. The molecule has 0 amide bonds. The summed E-state index contributed by atoms with van der Waals surface area (Å²) in [6.07, 6.45) is 1.05. The van der Waals surface area contributed by atoms with E-state index >= 15 is 0 Å². The minimum Gasteiger partial charge on any atom is -0.478 e. The first kappa shape index (κ1) is 13.4. The Hall–Kier alpha value is -2.00. The molecule has 9 heteroatoms. The molecule has 1 N–H and O–H groups in total. The van der Waals surface area contributed by atoms with E-state index in [-0.39, 0.29) is 21.5 Å². The lowest BCUT2D eigenvalue weighted by Gasteiger charge is -2.05. The summed E-state index contributed by atoms with van der Waals surface area (Å²) in [7, 11) is 0. The van der Waals surface area contributed by atoms with Crippen molar-refractivity contribution < 1.29 is 19.6 Å². The van der Waals surface area contributed by atoms with E-state index in [0.717, 1.165) is 17.5 Å². The van der Waals surface area contributed by atoms with E-state index in [2.05, 4.69) is 20.9 Å². The molecular weight excluding hydrogens is 340 g/mol. The Kier molecular flexibility index (Phi) is 3.76. The van der Waals surface area contributed by atoms with Gasteiger partial charge in [-0.25, -0.2) is 9.78 Å². The number of aromatic carboxylic acids is 1. The van der Waals surface area contributed by atoms with E-state index in [9.17, 15) is 14.9 Å². The normalized spacial score (nSPS) is 10.2. The van der Waals surface area contributed by atoms with Crippen LogP contribution in [-0.2, 0) is 0 Å². The molecule has 2 aromatic rings. The van der Waals surface area contributed by atoms with Gasteiger partial charge in [-0.15, -0.1) is 0 Å². The maximum absolute atomic E-state index is 11.0. The van der Waals surface area contributed by atoms with Gasteiger partial charge >= 0.3 is 11.0 Å². The van der Waals surface area contributed by atoms with Crippen LogP contribution >= 0.6 is 27.3 Å². The summed E-state index contributed by atoms with van der Waals surface area (Å²) in [5.41, 5.74) is -0.0546. The van der Waals surface area contributed by atoms with E-state index in [0.29, 0.717) is 4.47 Å². The first-order valence-corrected chi connectivity index (χ1v) is 6.39. The average molecular weight is 345 g/mol. The number of rotatable bonds is 4. The highest BCUT2D eigenvalue weighted by molar-refractivity contribution is 9.10. The monoisotopic (exact) mass is 344 g/mol. The minimum atomic E-state index is -1.16. The van der Waals surface area contributed by atoms with Crippen molar-refractivity contribution in [3.8, 4) is 10.9 Å². The van der Waals surface area contributed by atoms with Crippen LogP contribution in [-0.4, -0.2) is 21.0 Å². The summed E-state index contributed by atoms with van der Waals surface area (Å²) in [6, 6.07) is 4.38. The van der Waals surface area contributed by atoms with E-state index < -0.39 is 10.9 Å². The number of nitrogens with zero attached hydrogens (tertiary/aromatic N) is 2. The number of hydrogen-bond acceptors (Lipinski definition) is 6. The van der Waals surface area contributed by atoms with Gasteiger partial charge in [0.1, 0.15) is 17.5 Å². The van der Waals surface area contributed by atoms with Crippen LogP contribution in [0.15, 0.2) is 28.9 Å². The van der Waals surface area contributed by atoms with Gasteiger partial charge in [0.15, 0.2) is 0 Å². The van der Waals surface area contributed by atoms with Crippen molar-refractivity contribution in [2.45, 2.75) is 0 Å². The zero-order chi connectivity index (χ0) is 14.0. The lowest BCUT2D eigenvalue weighted by Crippen LogP contribution is -1.99. The quantitative estimate of drug-likeness (QED) is 0.674. The third-order valence-corrected chi connectivity index (χ3v) is 3.34. The van der Waals surface area contributed by atoms with Gasteiger partial charge in [0.2, 0.25) is 0 Å². The third kappa shape index (κ3) is 3.06. The Labute approximate surface area is 118 Å². The molecule has 0 radical (unpaired) electrons. The van der Waals surface area contributed by atoms with Crippen molar-refractivity contribution in [2.75, 3.05) is 0 Å². The van der Waals surface area contributed by atoms with E-state index in [1.165, 1.54) is 12.1 Å². The van der Waals surface area contributed by atoms with Crippen molar-refractivity contribution >= 4 is 38.2 Å². The Morgan fingerprint density at radius 2 is 2.26 bits per heavy atom. The number of carbonyl (C=O) groups is 1. The number of hydrogen-bond donors (Lipinski definition) is 1. The SMILES string of the molecule is O=C(O)c1ccc(Br)cc1Oc1ncc([N+](=O)[O-])s1. The summed E-state index contributed by atoms with van der Waals surface area (Å²) in [6.45, 7) is 0. The van der Waals surface area contributed by atoms with Crippen LogP contribution in [0.4, 0.5) is 5.00 Å². The minimum absolute atomic E-state index is 0.00676. The van der Waals surface area contributed by atoms with Gasteiger partial charge in [0.25, 0.3) is 5.19 Å². The predicted octanol–water partition coefficient (Wildman–Crippen LogP) is 3.30. The molecule has 0 atom stereocenters. The van der Waals surface area contributed by atoms with Gasteiger partial charge in [0, 0.05) is 4.47 Å². The first-order chi connectivity index (χ1) is 8.97. The fraction of sp³-hybridized carbons (Fsp3) is 0. The molecule has 98 valence electrons. The molecule has 0 aliphatic rings. The summed E-state index contributed by atoms with van der Waals surface area (Å²) in [4.78, 5) is 24.6. The second-order valence-electron chi connectivity index (χ2n) is 3.27. The van der Waals surface area contributed by atoms with Gasteiger partial charge in [0.05, 0.1) is 4.92 Å². The highest BCUT2D eigenvalue weighted by Gasteiger charge is 2.17. The van der Waals surface area contributed by atoms with Gasteiger partial charge in [-0.05, 0) is 29.5 Å². The number of thiazole rings is 1.